The molecule has 0 aromatic heterocycles. The number of nitrogens with zero attached hydrogens (tertiary/aromatic N) is 2. The van der Waals surface area contributed by atoms with E-state index in [0.717, 1.165) is 32.2 Å². The first-order chi connectivity index (χ1) is 16.4. The Morgan fingerprint density at radius 3 is 2.43 bits per heavy atom. The van der Waals surface area contributed by atoms with Crippen molar-refractivity contribution in [1.82, 2.24) is 15.1 Å². The molecule has 0 radical (unpaired) electrons. The summed E-state index contributed by atoms with van der Waals surface area (Å²) in [5, 5.41) is 2.88. The number of rotatable bonds is 8. The van der Waals surface area contributed by atoms with Crippen LogP contribution in [0.1, 0.15) is 28.4 Å². The number of amides is 1. The number of hydrogen-bond donors (Lipinski definition) is 1. The van der Waals surface area contributed by atoms with Crippen LogP contribution >= 0.6 is 11.6 Å². The van der Waals surface area contributed by atoms with Crippen molar-refractivity contribution < 1.29 is 31.1 Å². The summed E-state index contributed by atoms with van der Waals surface area (Å²) >= 11 is 6.01. The van der Waals surface area contributed by atoms with E-state index in [0.29, 0.717) is 17.1 Å². The predicted octanol–water partition coefficient (Wildman–Crippen LogP) is 3.71. The van der Waals surface area contributed by atoms with Crippen molar-refractivity contribution in [2.45, 2.75) is 31.3 Å². The number of carbonyl (C=O) groups is 1. The van der Waals surface area contributed by atoms with Crippen LogP contribution in [0.3, 0.4) is 0 Å². The van der Waals surface area contributed by atoms with Gasteiger partial charge < -0.3 is 15.0 Å². The molecule has 1 fully saturated rings. The third-order valence-electron chi connectivity index (χ3n) is 5.64. The highest BCUT2D eigenvalue weighted by atomic mass is 35.5. The van der Waals surface area contributed by atoms with Gasteiger partial charge >= 0.3 is 6.36 Å². The minimum Gasteiger partial charge on any atom is -0.406 e. The van der Waals surface area contributed by atoms with E-state index in [1.807, 2.05) is 7.05 Å². The number of alkyl halides is 3. The SMILES string of the molecule is CCS(=O)(=O)c1ccc(Cl)cc1CNC(=O)c1cc(CN2CCN(C)CC2)cc(OC(F)(F)F)c1. The van der Waals surface area contributed by atoms with Gasteiger partial charge in [0, 0.05) is 49.9 Å². The standard InChI is InChI=1S/C23H27ClF3N3O4S/c1-3-35(32,33)21-5-4-19(24)12-18(21)14-28-22(31)17-10-16(11-20(13-17)34-23(25,26)27)15-30-8-6-29(2)7-9-30/h4-5,10-13H,3,6-9,14-15H2,1-2H3,(H,28,31). The van der Waals surface area contributed by atoms with E-state index in [1.54, 1.807) is 0 Å². The van der Waals surface area contributed by atoms with Gasteiger partial charge in [-0.2, -0.15) is 0 Å². The topological polar surface area (TPSA) is 79.0 Å². The summed E-state index contributed by atoms with van der Waals surface area (Å²) in [5.74, 6) is -1.30. The Bertz CT molecular complexity index is 1170. The summed E-state index contributed by atoms with van der Waals surface area (Å²) in [6, 6.07) is 8.04. The molecule has 35 heavy (non-hydrogen) atoms. The van der Waals surface area contributed by atoms with E-state index in [-0.39, 0.29) is 28.3 Å². The van der Waals surface area contributed by atoms with Crippen LogP contribution in [0, 0.1) is 0 Å². The Hall–Kier alpha value is -2.34. The van der Waals surface area contributed by atoms with Crippen molar-refractivity contribution in [2.24, 2.45) is 0 Å². The van der Waals surface area contributed by atoms with Gasteiger partial charge in [-0.1, -0.05) is 18.5 Å². The van der Waals surface area contributed by atoms with Crippen LogP contribution in [0.15, 0.2) is 41.3 Å². The highest BCUT2D eigenvalue weighted by Gasteiger charge is 2.31. The van der Waals surface area contributed by atoms with Crippen molar-refractivity contribution in [3.63, 3.8) is 0 Å². The van der Waals surface area contributed by atoms with Crippen LogP contribution in [0.25, 0.3) is 0 Å². The van der Waals surface area contributed by atoms with Crippen molar-refractivity contribution in [3.05, 3.63) is 58.1 Å². The fourth-order valence-electron chi connectivity index (χ4n) is 3.76. The normalized spacial score (nSPS) is 15.7. The molecule has 1 aliphatic heterocycles. The van der Waals surface area contributed by atoms with Crippen LogP contribution in [0.4, 0.5) is 13.2 Å². The number of piperazine rings is 1. The maximum absolute atomic E-state index is 12.9. The molecule has 3 rings (SSSR count). The van der Waals surface area contributed by atoms with Gasteiger partial charge in [-0.3, -0.25) is 9.69 Å². The molecule has 1 saturated heterocycles. The molecule has 1 N–H and O–H groups in total. The van der Waals surface area contributed by atoms with E-state index in [4.69, 9.17) is 11.6 Å². The second-order valence-corrected chi connectivity index (χ2v) is 11.0. The lowest BCUT2D eigenvalue weighted by molar-refractivity contribution is -0.274. The molecule has 0 saturated carbocycles. The van der Waals surface area contributed by atoms with Crippen molar-refractivity contribution in [1.29, 1.82) is 0 Å². The average molecular weight is 534 g/mol. The van der Waals surface area contributed by atoms with E-state index in [9.17, 15) is 26.4 Å². The van der Waals surface area contributed by atoms with Crippen molar-refractivity contribution in [3.8, 4) is 5.75 Å². The number of halogens is 4. The molecular formula is C23H27ClF3N3O4S. The van der Waals surface area contributed by atoms with Crippen molar-refractivity contribution in [2.75, 3.05) is 39.0 Å². The van der Waals surface area contributed by atoms with E-state index >= 15 is 0 Å². The third kappa shape index (κ3) is 7.83. The molecule has 0 spiro atoms. The van der Waals surface area contributed by atoms with Crippen LogP contribution in [-0.4, -0.2) is 69.5 Å². The fraction of sp³-hybridized carbons (Fsp3) is 0.435. The molecule has 12 heteroatoms. The minimum absolute atomic E-state index is 0.0298. The lowest BCUT2D eigenvalue weighted by Gasteiger charge is -2.32. The second-order valence-electron chi connectivity index (χ2n) is 8.33. The number of ether oxygens (including phenoxy) is 1. The molecule has 0 bridgehead atoms. The Balaban J connectivity index is 1.83. The number of likely N-dealkylation sites (N-methyl/N-ethyl adjacent to an activating group) is 1. The number of sulfone groups is 1. The molecule has 2 aromatic carbocycles. The summed E-state index contributed by atoms with van der Waals surface area (Å²) in [4.78, 5) is 17.2. The third-order valence-corrected chi connectivity index (χ3v) is 7.70. The van der Waals surface area contributed by atoms with Crippen LogP contribution in [0.2, 0.25) is 5.02 Å². The molecule has 0 atom stereocenters. The number of benzene rings is 2. The Labute approximate surface area is 207 Å². The lowest BCUT2D eigenvalue weighted by atomic mass is 10.1. The first-order valence-electron chi connectivity index (χ1n) is 11.0. The van der Waals surface area contributed by atoms with Crippen LogP contribution in [0.5, 0.6) is 5.75 Å². The van der Waals surface area contributed by atoms with E-state index in [1.165, 1.54) is 37.3 Å². The van der Waals surface area contributed by atoms with E-state index < -0.39 is 27.9 Å². The Morgan fingerprint density at radius 2 is 1.80 bits per heavy atom. The van der Waals surface area contributed by atoms with Crippen LogP contribution < -0.4 is 10.1 Å². The van der Waals surface area contributed by atoms with Gasteiger partial charge in [-0.25, -0.2) is 8.42 Å². The lowest BCUT2D eigenvalue weighted by Crippen LogP contribution is -2.43. The molecule has 7 nitrogen and oxygen atoms in total. The Morgan fingerprint density at radius 1 is 1.11 bits per heavy atom. The van der Waals surface area contributed by atoms with Gasteiger partial charge in [0.15, 0.2) is 9.84 Å². The van der Waals surface area contributed by atoms with E-state index in [2.05, 4.69) is 19.9 Å². The smallest absolute Gasteiger partial charge is 0.406 e. The molecule has 0 aliphatic carbocycles. The van der Waals surface area contributed by atoms with Gasteiger partial charge in [0.2, 0.25) is 0 Å². The van der Waals surface area contributed by atoms with Gasteiger partial charge in [0.05, 0.1) is 10.6 Å². The molecule has 2 aromatic rings. The molecule has 0 unspecified atom stereocenters. The molecule has 192 valence electrons. The second kappa shape index (κ2) is 11.2. The zero-order chi connectivity index (χ0) is 25.8. The summed E-state index contributed by atoms with van der Waals surface area (Å²) in [6.07, 6.45) is -4.91. The number of carbonyl (C=O) groups excluding carboxylic acids is 1. The van der Waals surface area contributed by atoms with Crippen LogP contribution in [-0.2, 0) is 22.9 Å². The summed E-state index contributed by atoms with van der Waals surface area (Å²) < 4.78 is 67.6. The fourth-order valence-corrected chi connectivity index (χ4v) is 5.07. The average Bonchev–Trinajstić information content (AvgIpc) is 2.77. The van der Waals surface area contributed by atoms with Gasteiger partial charge in [0.25, 0.3) is 5.91 Å². The first-order valence-corrected chi connectivity index (χ1v) is 13.0. The maximum atomic E-state index is 12.9. The predicted molar refractivity (Wildman–Crippen MR) is 126 cm³/mol. The number of nitrogens with one attached hydrogen (secondary N) is 1. The summed E-state index contributed by atoms with van der Waals surface area (Å²) in [5.41, 5.74) is 0.754. The number of hydrogen-bond acceptors (Lipinski definition) is 6. The minimum atomic E-state index is -4.91. The molecular weight excluding hydrogens is 507 g/mol. The largest absolute Gasteiger partial charge is 0.573 e. The molecule has 1 heterocycles. The van der Waals surface area contributed by atoms with Crippen molar-refractivity contribution >= 4 is 27.3 Å². The summed E-state index contributed by atoms with van der Waals surface area (Å²) in [6.45, 7) is 4.82. The highest BCUT2D eigenvalue weighted by molar-refractivity contribution is 7.91. The van der Waals surface area contributed by atoms with Gasteiger partial charge in [0.1, 0.15) is 5.75 Å². The first kappa shape index (κ1) is 27.3. The monoisotopic (exact) mass is 533 g/mol. The zero-order valence-corrected chi connectivity index (χ0v) is 20.9. The van der Waals surface area contributed by atoms with Gasteiger partial charge in [-0.15, -0.1) is 13.2 Å². The highest BCUT2D eigenvalue weighted by Crippen LogP contribution is 2.27. The molecule has 1 amide bonds. The summed E-state index contributed by atoms with van der Waals surface area (Å²) in [7, 11) is -1.58. The van der Waals surface area contributed by atoms with Gasteiger partial charge in [-0.05, 0) is 54.6 Å². The maximum Gasteiger partial charge on any atom is 0.573 e. The molecule has 1 aliphatic rings. The quantitative estimate of drug-likeness (QED) is 0.557. The Kier molecular flexibility index (Phi) is 8.68. The zero-order valence-electron chi connectivity index (χ0n) is 19.4.